The number of ether oxygens (including phenoxy) is 2. The molecule has 7 nitrogen and oxygen atoms in total. The van der Waals surface area contributed by atoms with Crippen molar-refractivity contribution in [1.82, 2.24) is 20.4 Å². The van der Waals surface area contributed by atoms with Gasteiger partial charge in [0, 0.05) is 31.3 Å². The maximum absolute atomic E-state index is 6.21. The zero-order chi connectivity index (χ0) is 22.9. The fourth-order valence-electron chi connectivity index (χ4n) is 3.73. The second-order valence-electron chi connectivity index (χ2n) is 8.22. The molecule has 1 unspecified atom stereocenters. The first-order valence-electron chi connectivity index (χ1n) is 11.7. The second kappa shape index (κ2) is 11.5. The topological polar surface area (TPSA) is 72.7 Å². The van der Waals surface area contributed by atoms with Crippen molar-refractivity contribution in [3.05, 3.63) is 77.6 Å². The summed E-state index contributed by atoms with van der Waals surface area (Å²) < 4.78 is 13.6. The summed E-state index contributed by atoms with van der Waals surface area (Å²) in [6.07, 6.45) is 5.91. The Balaban J connectivity index is 1.35. The van der Waals surface area contributed by atoms with Gasteiger partial charge in [-0.2, -0.15) is 5.10 Å². The Hall–Kier alpha value is -3.32. The highest BCUT2D eigenvalue weighted by atomic mass is 16.5. The molecule has 33 heavy (non-hydrogen) atoms. The van der Waals surface area contributed by atoms with E-state index >= 15 is 0 Å². The molecule has 174 valence electrons. The van der Waals surface area contributed by atoms with Crippen molar-refractivity contribution >= 4 is 5.96 Å². The quantitative estimate of drug-likeness (QED) is 0.387. The van der Waals surface area contributed by atoms with Gasteiger partial charge >= 0.3 is 0 Å². The third kappa shape index (κ3) is 6.58. The van der Waals surface area contributed by atoms with Gasteiger partial charge in [-0.15, -0.1) is 0 Å². The number of aromatic nitrogens is 2. The minimum atomic E-state index is 0.123. The van der Waals surface area contributed by atoms with Gasteiger partial charge in [-0.05, 0) is 49.6 Å². The van der Waals surface area contributed by atoms with E-state index in [4.69, 9.17) is 14.5 Å². The minimum absolute atomic E-state index is 0.123. The van der Waals surface area contributed by atoms with Gasteiger partial charge in [0.05, 0.1) is 31.6 Å². The summed E-state index contributed by atoms with van der Waals surface area (Å²) in [6.45, 7) is 7.69. The van der Waals surface area contributed by atoms with Crippen LogP contribution in [0.25, 0.3) is 5.69 Å². The van der Waals surface area contributed by atoms with Crippen LogP contribution in [0.3, 0.4) is 0 Å². The Morgan fingerprint density at radius 1 is 1.21 bits per heavy atom. The SMILES string of the molecule is CCNC(=NCc1ccc(C)cc1OC1CCOC1)NCCc1cnn(-c2ccccc2)c1. The predicted octanol–water partition coefficient (Wildman–Crippen LogP) is 3.65. The Morgan fingerprint density at radius 3 is 2.88 bits per heavy atom. The van der Waals surface area contributed by atoms with Crippen LogP contribution in [0.15, 0.2) is 65.9 Å². The summed E-state index contributed by atoms with van der Waals surface area (Å²) in [6, 6.07) is 16.4. The van der Waals surface area contributed by atoms with Crippen molar-refractivity contribution in [3.63, 3.8) is 0 Å². The second-order valence-corrected chi connectivity index (χ2v) is 8.22. The van der Waals surface area contributed by atoms with Gasteiger partial charge in [0.1, 0.15) is 11.9 Å². The third-order valence-electron chi connectivity index (χ3n) is 5.52. The van der Waals surface area contributed by atoms with Gasteiger partial charge in [0.15, 0.2) is 5.96 Å². The largest absolute Gasteiger partial charge is 0.488 e. The molecular weight excluding hydrogens is 414 g/mol. The normalized spacial score (nSPS) is 16.1. The van der Waals surface area contributed by atoms with E-state index < -0.39 is 0 Å². The number of guanidine groups is 1. The van der Waals surface area contributed by atoms with E-state index in [0.29, 0.717) is 13.2 Å². The molecule has 1 aliphatic rings. The number of hydrogen-bond acceptors (Lipinski definition) is 4. The summed E-state index contributed by atoms with van der Waals surface area (Å²) in [7, 11) is 0. The number of aliphatic imine (C=N–C) groups is 1. The summed E-state index contributed by atoms with van der Waals surface area (Å²) in [5, 5.41) is 11.2. The fourth-order valence-corrected chi connectivity index (χ4v) is 3.73. The lowest BCUT2D eigenvalue weighted by Gasteiger charge is -2.16. The molecule has 0 bridgehead atoms. The van der Waals surface area contributed by atoms with Crippen LogP contribution < -0.4 is 15.4 Å². The summed E-state index contributed by atoms with van der Waals surface area (Å²) >= 11 is 0. The average Bonchev–Trinajstić information content (AvgIpc) is 3.51. The lowest BCUT2D eigenvalue weighted by Crippen LogP contribution is -2.38. The monoisotopic (exact) mass is 447 g/mol. The van der Waals surface area contributed by atoms with Gasteiger partial charge in [-0.3, -0.25) is 0 Å². The highest BCUT2D eigenvalue weighted by Gasteiger charge is 2.18. The van der Waals surface area contributed by atoms with Crippen molar-refractivity contribution in [3.8, 4) is 11.4 Å². The molecule has 1 aromatic heterocycles. The van der Waals surface area contributed by atoms with Crippen molar-refractivity contribution in [2.24, 2.45) is 4.99 Å². The molecule has 7 heteroatoms. The Labute approximate surface area is 195 Å². The molecule has 3 aromatic rings. The van der Waals surface area contributed by atoms with Crippen LogP contribution in [0.2, 0.25) is 0 Å². The van der Waals surface area contributed by atoms with Crippen LogP contribution in [0.5, 0.6) is 5.75 Å². The summed E-state index contributed by atoms with van der Waals surface area (Å²) in [4.78, 5) is 4.79. The third-order valence-corrected chi connectivity index (χ3v) is 5.52. The molecule has 1 atom stereocenters. The average molecular weight is 448 g/mol. The van der Waals surface area contributed by atoms with E-state index in [-0.39, 0.29) is 6.10 Å². The maximum Gasteiger partial charge on any atom is 0.191 e. The predicted molar refractivity (Wildman–Crippen MR) is 131 cm³/mol. The first-order valence-corrected chi connectivity index (χ1v) is 11.7. The first kappa shape index (κ1) is 22.9. The number of aryl methyl sites for hydroxylation is 1. The van der Waals surface area contributed by atoms with E-state index in [1.165, 1.54) is 11.1 Å². The molecule has 2 N–H and O–H groups in total. The van der Waals surface area contributed by atoms with E-state index in [1.807, 2.05) is 41.2 Å². The molecule has 0 amide bonds. The lowest BCUT2D eigenvalue weighted by atomic mass is 10.1. The molecule has 4 rings (SSSR count). The maximum atomic E-state index is 6.21. The van der Waals surface area contributed by atoms with Gasteiger partial charge in [-0.25, -0.2) is 9.67 Å². The smallest absolute Gasteiger partial charge is 0.191 e. The van der Waals surface area contributed by atoms with Crippen molar-refractivity contribution in [2.75, 3.05) is 26.3 Å². The fraction of sp³-hybridized carbons (Fsp3) is 0.385. The molecule has 0 saturated carbocycles. The molecular formula is C26H33N5O2. The van der Waals surface area contributed by atoms with E-state index in [0.717, 1.165) is 55.5 Å². The molecule has 0 spiro atoms. The number of benzene rings is 2. The standard InChI is InChI=1S/C26H33N5O2/c1-3-27-26(28-13-11-21-16-30-31(18-21)23-7-5-4-6-8-23)29-17-22-10-9-20(2)15-25(22)33-24-12-14-32-19-24/h4-10,15-16,18,24H,3,11-14,17,19H2,1-2H3,(H2,27,28,29). The molecule has 1 aliphatic heterocycles. The Bertz CT molecular complexity index is 1040. The van der Waals surface area contributed by atoms with Crippen LogP contribution >= 0.6 is 0 Å². The molecule has 1 fully saturated rings. The van der Waals surface area contributed by atoms with Crippen LogP contribution in [-0.4, -0.2) is 48.1 Å². The van der Waals surface area contributed by atoms with E-state index in [1.54, 1.807) is 0 Å². The Morgan fingerprint density at radius 2 is 2.09 bits per heavy atom. The number of hydrogen-bond donors (Lipinski definition) is 2. The van der Waals surface area contributed by atoms with Gasteiger partial charge in [-0.1, -0.05) is 30.3 Å². The number of rotatable bonds is 9. The number of para-hydroxylation sites is 1. The van der Waals surface area contributed by atoms with Crippen LogP contribution in [-0.2, 0) is 17.7 Å². The molecule has 1 saturated heterocycles. The molecule has 2 heterocycles. The van der Waals surface area contributed by atoms with E-state index in [2.05, 4.69) is 54.0 Å². The van der Waals surface area contributed by atoms with Crippen molar-refractivity contribution in [2.45, 2.75) is 39.3 Å². The molecule has 0 radical (unpaired) electrons. The van der Waals surface area contributed by atoms with Crippen LogP contribution in [0.4, 0.5) is 0 Å². The minimum Gasteiger partial charge on any atom is -0.488 e. The van der Waals surface area contributed by atoms with E-state index in [9.17, 15) is 0 Å². The van der Waals surface area contributed by atoms with Crippen molar-refractivity contribution < 1.29 is 9.47 Å². The lowest BCUT2D eigenvalue weighted by molar-refractivity contribution is 0.140. The van der Waals surface area contributed by atoms with Crippen molar-refractivity contribution in [1.29, 1.82) is 0 Å². The summed E-state index contributed by atoms with van der Waals surface area (Å²) in [5.41, 5.74) is 4.49. The zero-order valence-corrected chi connectivity index (χ0v) is 19.5. The van der Waals surface area contributed by atoms with Crippen LogP contribution in [0, 0.1) is 6.92 Å². The van der Waals surface area contributed by atoms with Gasteiger partial charge in [0.25, 0.3) is 0 Å². The number of nitrogens with one attached hydrogen (secondary N) is 2. The first-order chi connectivity index (χ1) is 16.2. The van der Waals surface area contributed by atoms with Gasteiger partial charge in [0.2, 0.25) is 0 Å². The highest BCUT2D eigenvalue weighted by Crippen LogP contribution is 2.24. The van der Waals surface area contributed by atoms with Crippen LogP contribution in [0.1, 0.15) is 30.0 Å². The Kier molecular flexibility index (Phi) is 7.98. The highest BCUT2D eigenvalue weighted by molar-refractivity contribution is 5.79. The molecule has 2 aromatic carbocycles. The molecule has 0 aliphatic carbocycles. The van der Waals surface area contributed by atoms with Gasteiger partial charge < -0.3 is 20.1 Å². The zero-order valence-electron chi connectivity index (χ0n) is 19.5. The summed E-state index contributed by atoms with van der Waals surface area (Å²) in [5.74, 6) is 1.70. The number of nitrogens with zero attached hydrogens (tertiary/aromatic N) is 3.